The Hall–Kier alpha value is -5.16. The Morgan fingerprint density at radius 1 is 0.875 bits per heavy atom. The van der Waals surface area contributed by atoms with Crippen molar-refractivity contribution in [3.63, 3.8) is 0 Å². The maximum atomic E-state index is 14.8. The molecule has 18 heteroatoms. The molecular formula is C38H45ClF2N8O6S. The molecular weight excluding hydrogens is 770 g/mol. The molecule has 4 heterocycles. The second-order valence-corrected chi connectivity index (χ2v) is 17.3. The van der Waals surface area contributed by atoms with Gasteiger partial charge in [0, 0.05) is 35.8 Å². The molecule has 14 nitrogen and oxygen atoms in total. The summed E-state index contributed by atoms with van der Waals surface area (Å²) in [6, 6.07) is 6.13. The lowest BCUT2D eigenvalue weighted by molar-refractivity contribution is -0.143. The van der Waals surface area contributed by atoms with Crippen molar-refractivity contribution in [1.29, 1.82) is 0 Å². The number of hydrogen-bond acceptors (Lipinski definition) is 13. The number of anilines is 1. The summed E-state index contributed by atoms with van der Waals surface area (Å²) in [5.41, 5.74) is 0.905. The monoisotopic (exact) mass is 814 g/mol. The highest BCUT2D eigenvalue weighted by Gasteiger charge is 2.31. The number of aryl methyl sites for hydroxylation is 1. The summed E-state index contributed by atoms with van der Waals surface area (Å²) in [6.45, 7) is 13.5. The average molecular weight is 815 g/mol. The number of carbonyl (C=O) groups is 2. The molecule has 0 bridgehead atoms. The van der Waals surface area contributed by atoms with Gasteiger partial charge in [0.25, 0.3) is 10.0 Å². The molecule has 0 spiro atoms. The number of aromatic nitrogens is 7. The van der Waals surface area contributed by atoms with Crippen LogP contribution in [0.1, 0.15) is 65.6 Å². The molecule has 0 saturated carbocycles. The number of carbonyl (C=O) groups excluding carboxylic acids is 2. The second-order valence-electron chi connectivity index (χ2n) is 15.1. The van der Waals surface area contributed by atoms with Gasteiger partial charge in [0.05, 0.1) is 43.6 Å². The van der Waals surface area contributed by atoms with Crippen LogP contribution < -0.4 is 5.32 Å². The van der Waals surface area contributed by atoms with E-state index in [4.69, 9.17) is 16.3 Å². The van der Waals surface area contributed by atoms with Crippen LogP contribution in [0.3, 0.4) is 0 Å². The van der Waals surface area contributed by atoms with Crippen molar-refractivity contribution in [1.82, 2.24) is 33.9 Å². The van der Waals surface area contributed by atoms with Gasteiger partial charge in [-0.1, -0.05) is 59.2 Å². The first-order chi connectivity index (χ1) is 26.1. The highest BCUT2D eigenvalue weighted by atomic mass is 35.5. The molecule has 2 unspecified atom stereocenters. The molecule has 0 amide bonds. The summed E-state index contributed by atoms with van der Waals surface area (Å²) >= 11 is 5.63. The number of rotatable bonds is 11. The molecule has 0 aliphatic carbocycles. The minimum atomic E-state index is -4.00. The van der Waals surface area contributed by atoms with Crippen molar-refractivity contribution in [2.75, 3.05) is 19.5 Å². The first kappa shape index (κ1) is 43.6. The third kappa shape index (κ3) is 10.8. The molecule has 5 aromatic rings. The third-order valence-electron chi connectivity index (χ3n) is 9.05. The molecule has 1 aromatic carbocycles. The minimum Gasteiger partial charge on any atom is -0.469 e. The van der Waals surface area contributed by atoms with Gasteiger partial charge >= 0.3 is 11.9 Å². The number of ether oxygens (including phenoxy) is 2. The Bertz CT molecular complexity index is 2290. The Labute approximate surface area is 329 Å². The summed E-state index contributed by atoms with van der Waals surface area (Å²) in [5, 5.41) is 3.22. The Morgan fingerprint density at radius 3 is 2.11 bits per heavy atom. The number of fused-ring (bicyclic) bond motifs is 1. The van der Waals surface area contributed by atoms with Crippen molar-refractivity contribution in [3.8, 4) is 11.4 Å². The van der Waals surface area contributed by atoms with E-state index in [9.17, 15) is 26.8 Å². The van der Waals surface area contributed by atoms with Crippen LogP contribution in [0.25, 0.3) is 22.4 Å². The standard InChI is InChI=1S/C26H28FN5O4S.C12H17ClFN3O2/c1-16-6-8-18(9-7-16)37(34,35)32-14-20(19-12-28-15-30-25(19)32)24-29-13-21(27)22(31-24)10-17(26(2,3)4)11-23(33)36-5;1-12(2,3)8(5-9(18)19-4)16-10-7(14)6-15-11(13)17-10/h6-9,12-15,17H,10-11H2,1-5H3;6,8H,5H2,1-4H3,(H,15,16,17). The van der Waals surface area contributed by atoms with Gasteiger partial charge in [-0.15, -0.1) is 0 Å². The van der Waals surface area contributed by atoms with E-state index in [0.717, 1.165) is 21.9 Å². The van der Waals surface area contributed by atoms with Crippen LogP contribution >= 0.6 is 11.6 Å². The van der Waals surface area contributed by atoms with Crippen molar-refractivity contribution in [2.45, 2.75) is 78.7 Å². The van der Waals surface area contributed by atoms with Gasteiger partial charge in [-0.05, 0) is 53.8 Å². The first-order valence-corrected chi connectivity index (χ1v) is 19.2. The maximum Gasteiger partial charge on any atom is 0.307 e. The van der Waals surface area contributed by atoms with Gasteiger partial charge in [0.2, 0.25) is 5.28 Å². The van der Waals surface area contributed by atoms with Crippen LogP contribution in [0.4, 0.5) is 14.6 Å². The van der Waals surface area contributed by atoms with Crippen LogP contribution in [0.5, 0.6) is 0 Å². The summed E-state index contributed by atoms with van der Waals surface area (Å²) < 4.78 is 65.9. The second kappa shape index (κ2) is 17.7. The first-order valence-electron chi connectivity index (χ1n) is 17.4. The largest absolute Gasteiger partial charge is 0.469 e. The summed E-state index contributed by atoms with van der Waals surface area (Å²) in [7, 11) is -1.37. The van der Waals surface area contributed by atoms with E-state index in [1.807, 2.05) is 48.5 Å². The topological polar surface area (TPSA) is 181 Å². The lowest BCUT2D eigenvalue weighted by Crippen LogP contribution is -2.37. The quantitative estimate of drug-likeness (QED) is 0.106. The number of methoxy groups -OCH3 is 2. The van der Waals surface area contributed by atoms with Crippen molar-refractivity contribution in [3.05, 3.63) is 83.6 Å². The van der Waals surface area contributed by atoms with Gasteiger partial charge in [0.15, 0.2) is 28.9 Å². The zero-order valence-corrected chi connectivity index (χ0v) is 34.2. The number of nitrogens with one attached hydrogen (secondary N) is 1. The minimum absolute atomic E-state index is 0.0242. The normalized spacial score (nSPS) is 13.0. The van der Waals surface area contributed by atoms with Crippen LogP contribution in [0, 0.1) is 35.3 Å². The molecule has 0 aliphatic heterocycles. The van der Waals surface area contributed by atoms with E-state index in [1.54, 1.807) is 12.1 Å². The van der Waals surface area contributed by atoms with E-state index in [2.05, 4.69) is 40.0 Å². The number of hydrogen-bond donors (Lipinski definition) is 1. The molecule has 5 rings (SSSR count). The molecule has 2 atom stereocenters. The molecule has 4 aromatic heterocycles. The van der Waals surface area contributed by atoms with Gasteiger partial charge in [0.1, 0.15) is 6.33 Å². The zero-order chi connectivity index (χ0) is 41.6. The molecule has 1 N–H and O–H groups in total. The van der Waals surface area contributed by atoms with Crippen molar-refractivity contribution < 1.29 is 36.3 Å². The zero-order valence-electron chi connectivity index (χ0n) is 32.6. The molecule has 0 aliphatic rings. The summed E-state index contributed by atoms with van der Waals surface area (Å²) in [6.07, 6.45) is 6.50. The third-order valence-corrected chi connectivity index (χ3v) is 10.9. The maximum absolute atomic E-state index is 14.8. The lowest BCUT2D eigenvalue weighted by atomic mass is 9.76. The molecule has 0 saturated heterocycles. The summed E-state index contributed by atoms with van der Waals surface area (Å²) in [5.74, 6) is -2.17. The number of esters is 2. The number of halogens is 3. The van der Waals surface area contributed by atoms with Gasteiger partial charge in [-0.2, -0.15) is 4.98 Å². The predicted molar refractivity (Wildman–Crippen MR) is 206 cm³/mol. The fourth-order valence-corrected chi connectivity index (χ4v) is 6.89. The molecule has 300 valence electrons. The Morgan fingerprint density at radius 2 is 1.50 bits per heavy atom. The van der Waals surface area contributed by atoms with Crippen molar-refractivity contribution in [2.24, 2.45) is 16.7 Å². The summed E-state index contributed by atoms with van der Waals surface area (Å²) in [4.78, 5) is 47.6. The van der Waals surface area contributed by atoms with E-state index < -0.39 is 27.6 Å². The SMILES string of the molecule is COC(=O)CC(Cc1nc(-c2cn(S(=O)(=O)c3ccc(C)cc3)c3ncncc23)ncc1F)C(C)(C)C.COC(=O)CC(Nc1nc(Cl)ncc1F)C(C)(C)C. The van der Waals surface area contributed by atoms with Crippen molar-refractivity contribution >= 4 is 50.4 Å². The highest BCUT2D eigenvalue weighted by molar-refractivity contribution is 7.90. The van der Waals surface area contributed by atoms with E-state index in [0.29, 0.717) is 10.9 Å². The Balaban J connectivity index is 0.000000309. The van der Waals surface area contributed by atoms with Gasteiger partial charge in [-0.25, -0.2) is 46.1 Å². The molecule has 56 heavy (non-hydrogen) atoms. The fourth-order valence-electron chi connectivity index (χ4n) is 5.44. The van der Waals surface area contributed by atoms with E-state index >= 15 is 0 Å². The number of benzene rings is 1. The van der Waals surface area contributed by atoms with Crippen LogP contribution in [0.15, 0.2) is 60.3 Å². The average Bonchev–Trinajstić information content (AvgIpc) is 3.53. The van der Waals surface area contributed by atoms with Crippen LogP contribution in [-0.4, -0.2) is 74.5 Å². The van der Waals surface area contributed by atoms with E-state index in [1.165, 1.54) is 45.1 Å². The molecule has 0 radical (unpaired) electrons. The van der Waals surface area contributed by atoms with Gasteiger partial charge in [-0.3, -0.25) is 9.59 Å². The Kier molecular flexibility index (Phi) is 13.8. The molecule has 0 fully saturated rings. The smallest absolute Gasteiger partial charge is 0.307 e. The van der Waals surface area contributed by atoms with Gasteiger partial charge < -0.3 is 14.8 Å². The van der Waals surface area contributed by atoms with Crippen LogP contribution in [0.2, 0.25) is 5.28 Å². The van der Waals surface area contributed by atoms with Crippen LogP contribution in [-0.2, 0) is 35.5 Å². The highest BCUT2D eigenvalue weighted by Crippen LogP contribution is 2.34. The fraction of sp³-hybridized carbons (Fsp3) is 0.421. The van der Waals surface area contributed by atoms with E-state index in [-0.39, 0.29) is 81.2 Å². The predicted octanol–water partition coefficient (Wildman–Crippen LogP) is 7.00. The lowest BCUT2D eigenvalue weighted by Gasteiger charge is -2.31. The number of nitrogens with zero attached hydrogens (tertiary/aromatic N) is 7.